The van der Waals surface area contributed by atoms with Crippen molar-refractivity contribution in [1.82, 2.24) is 0 Å². The molecule has 0 aliphatic rings. The van der Waals surface area contributed by atoms with Crippen molar-refractivity contribution in [2.24, 2.45) is 5.92 Å². The largest absolute Gasteiger partial charge is 0.462 e. The highest BCUT2D eigenvalue weighted by Gasteiger charge is 2.19. The van der Waals surface area contributed by atoms with Crippen molar-refractivity contribution in [3.8, 4) is 0 Å². The third-order valence-electron chi connectivity index (χ3n) is 11.2. The molecular formula is C48H92O6. The number of rotatable bonds is 43. The number of esters is 3. The van der Waals surface area contributed by atoms with E-state index in [1.807, 2.05) is 0 Å². The molecule has 0 rings (SSSR count). The lowest BCUT2D eigenvalue weighted by Crippen LogP contribution is -2.30. The Morgan fingerprint density at radius 1 is 0.370 bits per heavy atom. The standard InChI is InChI=1S/C48H92O6/c1-5-8-10-12-14-15-16-17-18-19-20-21-22-23-24-25-27-32-36-40-47(50)53-43-45(42-52-46(49)39-35-31-26-13-11-9-6-2)54-48(51)41-37-33-29-28-30-34-38-44(4)7-3/h44-45H,5-43H2,1-4H3/t44?,45-/m1/s1. The molecule has 0 amide bonds. The summed E-state index contributed by atoms with van der Waals surface area (Å²) in [5, 5.41) is 0. The van der Waals surface area contributed by atoms with Gasteiger partial charge in [-0.15, -0.1) is 0 Å². The Hall–Kier alpha value is -1.59. The number of carbonyl (C=O) groups is 3. The van der Waals surface area contributed by atoms with Crippen LogP contribution >= 0.6 is 0 Å². The van der Waals surface area contributed by atoms with Gasteiger partial charge in [0.25, 0.3) is 0 Å². The Bertz CT molecular complexity index is 813. The van der Waals surface area contributed by atoms with Crippen LogP contribution in [0.15, 0.2) is 0 Å². The summed E-state index contributed by atoms with van der Waals surface area (Å²) in [4.78, 5) is 37.6. The summed E-state index contributed by atoms with van der Waals surface area (Å²) in [6, 6.07) is 0. The Kier molecular flexibility index (Phi) is 41.3. The summed E-state index contributed by atoms with van der Waals surface area (Å²) in [6.45, 7) is 8.94. The molecule has 0 aromatic carbocycles. The molecule has 0 aliphatic heterocycles. The van der Waals surface area contributed by atoms with E-state index in [0.29, 0.717) is 19.3 Å². The van der Waals surface area contributed by atoms with Crippen LogP contribution in [0.1, 0.15) is 265 Å². The fourth-order valence-corrected chi connectivity index (χ4v) is 7.12. The molecule has 1 unspecified atom stereocenters. The van der Waals surface area contributed by atoms with Crippen molar-refractivity contribution in [1.29, 1.82) is 0 Å². The van der Waals surface area contributed by atoms with E-state index in [1.54, 1.807) is 0 Å². The molecule has 6 nitrogen and oxygen atoms in total. The summed E-state index contributed by atoms with van der Waals surface area (Å²) in [5.41, 5.74) is 0. The maximum absolute atomic E-state index is 12.7. The number of unbranched alkanes of at least 4 members (excludes halogenated alkanes) is 29. The molecule has 0 heterocycles. The van der Waals surface area contributed by atoms with E-state index in [9.17, 15) is 14.4 Å². The van der Waals surface area contributed by atoms with E-state index in [-0.39, 0.29) is 31.1 Å². The van der Waals surface area contributed by atoms with E-state index in [0.717, 1.165) is 63.7 Å². The highest BCUT2D eigenvalue weighted by atomic mass is 16.6. The smallest absolute Gasteiger partial charge is 0.306 e. The van der Waals surface area contributed by atoms with Crippen LogP contribution in [0.2, 0.25) is 0 Å². The van der Waals surface area contributed by atoms with Crippen molar-refractivity contribution in [2.45, 2.75) is 271 Å². The van der Waals surface area contributed by atoms with Crippen molar-refractivity contribution < 1.29 is 28.6 Å². The molecule has 6 heteroatoms. The van der Waals surface area contributed by atoms with Crippen molar-refractivity contribution in [3.63, 3.8) is 0 Å². The SMILES string of the molecule is CCCCCCCCCCCCCCCCCCCCCC(=O)OC[C@@H](COC(=O)CCCCCCCCC)OC(=O)CCCCCCCCC(C)CC. The first kappa shape index (κ1) is 52.4. The molecule has 0 saturated heterocycles. The van der Waals surface area contributed by atoms with Crippen LogP contribution in [0, 0.1) is 5.92 Å². The average molecular weight is 765 g/mol. The van der Waals surface area contributed by atoms with Gasteiger partial charge in [-0.2, -0.15) is 0 Å². The first-order valence-electron chi connectivity index (χ1n) is 23.9. The summed E-state index contributed by atoms with van der Waals surface area (Å²) >= 11 is 0. The van der Waals surface area contributed by atoms with Crippen LogP contribution in [-0.4, -0.2) is 37.2 Å². The van der Waals surface area contributed by atoms with Crippen molar-refractivity contribution in [2.75, 3.05) is 13.2 Å². The van der Waals surface area contributed by atoms with E-state index in [1.165, 1.54) is 161 Å². The highest BCUT2D eigenvalue weighted by molar-refractivity contribution is 5.71. The van der Waals surface area contributed by atoms with Gasteiger partial charge in [0.2, 0.25) is 0 Å². The van der Waals surface area contributed by atoms with Gasteiger partial charge >= 0.3 is 17.9 Å². The van der Waals surface area contributed by atoms with Gasteiger partial charge in [0, 0.05) is 19.3 Å². The van der Waals surface area contributed by atoms with E-state index in [2.05, 4.69) is 27.7 Å². The minimum atomic E-state index is -0.759. The second-order valence-corrected chi connectivity index (χ2v) is 16.6. The van der Waals surface area contributed by atoms with Gasteiger partial charge < -0.3 is 14.2 Å². The lowest BCUT2D eigenvalue weighted by atomic mass is 10.00. The van der Waals surface area contributed by atoms with E-state index < -0.39 is 6.10 Å². The van der Waals surface area contributed by atoms with Crippen LogP contribution < -0.4 is 0 Å². The summed E-state index contributed by atoms with van der Waals surface area (Å²) in [6.07, 6.45) is 42.5. The fourth-order valence-electron chi connectivity index (χ4n) is 7.12. The molecule has 0 aromatic rings. The predicted octanol–water partition coefficient (Wildman–Crippen LogP) is 15.1. The Morgan fingerprint density at radius 3 is 0.963 bits per heavy atom. The zero-order chi connectivity index (χ0) is 39.6. The number of hydrogen-bond acceptors (Lipinski definition) is 6. The van der Waals surface area contributed by atoms with Crippen molar-refractivity contribution >= 4 is 17.9 Å². The van der Waals surface area contributed by atoms with Crippen LogP contribution in [0.3, 0.4) is 0 Å². The number of carbonyl (C=O) groups excluding carboxylic acids is 3. The van der Waals surface area contributed by atoms with Crippen molar-refractivity contribution in [3.05, 3.63) is 0 Å². The Balaban J connectivity index is 4.15. The zero-order valence-corrected chi connectivity index (χ0v) is 36.7. The second kappa shape index (κ2) is 42.6. The minimum Gasteiger partial charge on any atom is -0.462 e. The van der Waals surface area contributed by atoms with E-state index >= 15 is 0 Å². The van der Waals surface area contributed by atoms with Gasteiger partial charge in [-0.1, -0.05) is 227 Å². The fraction of sp³-hybridized carbons (Fsp3) is 0.938. The lowest BCUT2D eigenvalue weighted by Gasteiger charge is -2.18. The quantitative estimate of drug-likeness (QED) is 0.0349. The summed E-state index contributed by atoms with van der Waals surface area (Å²) in [5.74, 6) is -0.0520. The molecule has 0 fully saturated rings. The molecule has 320 valence electrons. The van der Waals surface area contributed by atoms with Crippen LogP contribution in [0.25, 0.3) is 0 Å². The molecule has 0 spiro atoms. The molecule has 0 bridgehead atoms. The monoisotopic (exact) mass is 765 g/mol. The van der Waals surface area contributed by atoms with Gasteiger partial charge in [0.1, 0.15) is 13.2 Å². The topological polar surface area (TPSA) is 78.9 Å². The predicted molar refractivity (Wildman–Crippen MR) is 229 cm³/mol. The van der Waals surface area contributed by atoms with Crippen LogP contribution in [-0.2, 0) is 28.6 Å². The molecule has 0 saturated carbocycles. The first-order chi connectivity index (χ1) is 26.4. The Morgan fingerprint density at radius 2 is 0.648 bits per heavy atom. The third kappa shape index (κ3) is 40.1. The van der Waals surface area contributed by atoms with E-state index in [4.69, 9.17) is 14.2 Å². The van der Waals surface area contributed by atoms with Gasteiger partial charge in [0.15, 0.2) is 6.10 Å². The summed E-state index contributed by atoms with van der Waals surface area (Å²) < 4.78 is 16.7. The number of hydrogen-bond donors (Lipinski definition) is 0. The Labute approximate surface area is 336 Å². The second-order valence-electron chi connectivity index (χ2n) is 16.6. The van der Waals surface area contributed by atoms with Crippen LogP contribution in [0.5, 0.6) is 0 Å². The molecular weight excluding hydrogens is 673 g/mol. The third-order valence-corrected chi connectivity index (χ3v) is 11.2. The maximum atomic E-state index is 12.7. The molecule has 2 atom stereocenters. The zero-order valence-electron chi connectivity index (χ0n) is 36.7. The minimum absolute atomic E-state index is 0.0649. The average Bonchev–Trinajstić information content (AvgIpc) is 3.17. The lowest BCUT2D eigenvalue weighted by molar-refractivity contribution is -0.167. The van der Waals surface area contributed by atoms with Gasteiger partial charge in [-0.05, 0) is 25.2 Å². The molecule has 0 radical (unpaired) electrons. The van der Waals surface area contributed by atoms with Gasteiger partial charge in [0.05, 0.1) is 0 Å². The molecule has 0 N–H and O–H groups in total. The summed E-state index contributed by atoms with van der Waals surface area (Å²) in [7, 11) is 0. The molecule has 0 aliphatic carbocycles. The highest BCUT2D eigenvalue weighted by Crippen LogP contribution is 2.17. The molecule has 54 heavy (non-hydrogen) atoms. The molecule has 0 aromatic heterocycles. The maximum Gasteiger partial charge on any atom is 0.306 e. The normalized spacial score (nSPS) is 12.4. The van der Waals surface area contributed by atoms with Gasteiger partial charge in [-0.3, -0.25) is 14.4 Å². The van der Waals surface area contributed by atoms with Gasteiger partial charge in [-0.25, -0.2) is 0 Å². The number of ether oxygens (including phenoxy) is 3. The first-order valence-corrected chi connectivity index (χ1v) is 23.9. The van der Waals surface area contributed by atoms with Crippen LogP contribution in [0.4, 0.5) is 0 Å².